The van der Waals surface area contributed by atoms with Crippen molar-refractivity contribution < 1.29 is 8.42 Å². The highest BCUT2D eigenvalue weighted by atomic mass is 32.2. The summed E-state index contributed by atoms with van der Waals surface area (Å²) in [5.41, 5.74) is 3.10. The third-order valence-electron chi connectivity index (χ3n) is 3.27. The Hall–Kier alpha value is -1.63. The second kappa shape index (κ2) is 5.29. The average molecular weight is 320 g/mol. The summed E-state index contributed by atoms with van der Waals surface area (Å²) in [5, 5.41) is 1.09. The van der Waals surface area contributed by atoms with E-state index in [2.05, 4.69) is 15.8 Å². The Kier molecular flexibility index (Phi) is 3.61. The van der Waals surface area contributed by atoms with E-state index < -0.39 is 10.0 Å². The highest BCUT2D eigenvalue weighted by Crippen LogP contribution is 2.21. The first kappa shape index (κ1) is 14.3. The lowest BCUT2D eigenvalue weighted by Crippen LogP contribution is -2.22. The largest absolute Gasteiger partial charge is 0.359 e. The summed E-state index contributed by atoms with van der Waals surface area (Å²) >= 11 is 1.28. The number of rotatable bonds is 4. The van der Waals surface area contributed by atoms with Crippen LogP contribution < -0.4 is 4.72 Å². The van der Waals surface area contributed by atoms with Crippen LogP contribution >= 0.6 is 11.3 Å². The summed E-state index contributed by atoms with van der Waals surface area (Å²) in [7, 11) is -3.43. The van der Waals surface area contributed by atoms with Crippen molar-refractivity contribution in [1.82, 2.24) is 9.71 Å². The first-order valence-corrected chi connectivity index (χ1v) is 8.88. The molecule has 0 bridgehead atoms. The molecule has 0 aliphatic rings. The molecule has 2 N–H and O–H groups in total. The number of sulfonamides is 1. The van der Waals surface area contributed by atoms with E-state index in [0.717, 1.165) is 27.0 Å². The number of benzene rings is 1. The number of nitrogens with one attached hydrogen (secondary N) is 2. The lowest BCUT2D eigenvalue weighted by Gasteiger charge is -2.05. The number of H-pyrrole nitrogens is 1. The molecule has 0 saturated heterocycles. The second-order valence-corrected chi connectivity index (χ2v) is 8.35. The third-order valence-corrected chi connectivity index (χ3v) is 6.16. The van der Waals surface area contributed by atoms with Gasteiger partial charge in [-0.1, -0.05) is 6.07 Å². The number of hydrogen-bond donors (Lipinski definition) is 2. The summed E-state index contributed by atoms with van der Waals surface area (Å²) < 4.78 is 27.4. The Morgan fingerprint density at radius 1 is 1.14 bits per heavy atom. The van der Waals surface area contributed by atoms with Crippen molar-refractivity contribution in [2.45, 2.75) is 24.6 Å². The van der Waals surface area contributed by atoms with Crippen LogP contribution in [0.3, 0.4) is 0 Å². The summed E-state index contributed by atoms with van der Waals surface area (Å²) in [6, 6.07) is 11.4. The van der Waals surface area contributed by atoms with Gasteiger partial charge >= 0.3 is 0 Å². The molecule has 6 heteroatoms. The van der Waals surface area contributed by atoms with Crippen LogP contribution in [0.2, 0.25) is 0 Å². The van der Waals surface area contributed by atoms with Gasteiger partial charge in [0.2, 0.25) is 10.0 Å². The van der Waals surface area contributed by atoms with Crippen LogP contribution in [0.4, 0.5) is 0 Å². The third kappa shape index (κ3) is 3.02. The molecule has 4 nitrogen and oxygen atoms in total. The number of aryl methyl sites for hydroxylation is 2. The molecule has 3 rings (SSSR count). The summed E-state index contributed by atoms with van der Waals surface area (Å²) in [6.45, 7) is 4.19. The molecule has 0 radical (unpaired) electrons. The predicted molar refractivity (Wildman–Crippen MR) is 86.1 cm³/mol. The van der Waals surface area contributed by atoms with Gasteiger partial charge in [-0.15, -0.1) is 11.3 Å². The highest BCUT2D eigenvalue weighted by molar-refractivity contribution is 7.91. The van der Waals surface area contributed by atoms with Gasteiger partial charge in [-0.3, -0.25) is 0 Å². The Morgan fingerprint density at radius 2 is 1.95 bits per heavy atom. The van der Waals surface area contributed by atoms with E-state index in [1.54, 1.807) is 6.07 Å². The lowest BCUT2D eigenvalue weighted by molar-refractivity contribution is 0.583. The molecule has 0 atom stereocenters. The van der Waals surface area contributed by atoms with Gasteiger partial charge in [-0.25, -0.2) is 13.1 Å². The fourth-order valence-corrected chi connectivity index (χ4v) is 4.59. The van der Waals surface area contributed by atoms with E-state index in [-0.39, 0.29) is 0 Å². The van der Waals surface area contributed by atoms with Crippen molar-refractivity contribution in [3.8, 4) is 0 Å². The number of fused-ring (bicyclic) bond motifs is 1. The topological polar surface area (TPSA) is 62.0 Å². The second-order valence-electron chi connectivity index (χ2n) is 5.06. The molecular formula is C15H16N2O2S2. The highest BCUT2D eigenvalue weighted by Gasteiger charge is 2.15. The van der Waals surface area contributed by atoms with E-state index >= 15 is 0 Å². The van der Waals surface area contributed by atoms with E-state index in [0.29, 0.717) is 10.8 Å². The van der Waals surface area contributed by atoms with Gasteiger partial charge in [-0.2, -0.15) is 0 Å². The van der Waals surface area contributed by atoms with Crippen LogP contribution in [0.5, 0.6) is 0 Å². The Bertz CT molecular complexity index is 891. The van der Waals surface area contributed by atoms with E-state index in [1.807, 2.05) is 38.1 Å². The molecule has 2 aromatic heterocycles. The van der Waals surface area contributed by atoms with Crippen LogP contribution in [0, 0.1) is 13.8 Å². The van der Waals surface area contributed by atoms with Crippen molar-refractivity contribution >= 4 is 32.3 Å². The molecule has 110 valence electrons. The van der Waals surface area contributed by atoms with E-state index in [9.17, 15) is 8.42 Å². The van der Waals surface area contributed by atoms with E-state index in [1.165, 1.54) is 11.3 Å². The summed E-state index contributed by atoms with van der Waals surface area (Å²) in [5.74, 6) is 0. The molecule has 0 saturated carbocycles. The summed E-state index contributed by atoms with van der Waals surface area (Å²) in [6.07, 6.45) is 0. The maximum Gasteiger partial charge on any atom is 0.250 e. The van der Waals surface area contributed by atoms with Crippen molar-refractivity contribution in [1.29, 1.82) is 0 Å². The molecule has 1 aromatic carbocycles. The fourth-order valence-electron chi connectivity index (χ4n) is 2.24. The zero-order valence-corrected chi connectivity index (χ0v) is 13.4. The van der Waals surface area contributed by atoms with Crippen molar-refractivity contribution in [3.05, 3.63) is 52.5 Å². The Balaban J connectivity index is 1.79. The van der Waals surface area contributed by atoms with Crippen LogP contribution in [-0.2, 0) is 16.6 Å². The monoisotopic (exact) mass is 320 g/mol. The van der Waals surface area contributed by atoms with Gasteiger partial charge in [0.1, 0.15) is 4.21 Å². The predicted octanol–water partition coefficient (Wildman–Crippen LogP) is 3.32. The molecule has 0 spiro atoms. The molecule has 21 heavy (non-hydrogen) atoms. The molecule has 0 fully saturated rings. The standard InChI is InChI=1S/C15H16N2O2S2/c1-10-7-13-8-12(4-5-14(13)17-10)9-16-21(18,19)15-6-3-11(2)20-15/h3-8,16-17H,9H2,1-2H3. The Morgan fingerprint density at radius 3 is 2.67 bits per heavy atom. The lowest BCUT2D eigenvalue weighted by atomic mass is 10.1. The van der Waals surface area contributed by atoms with Gasteiger partial charge in [0.15, 0.2) is 0 Å². The van der Waals surface area contributed by atoms with Crippen LogP contribution in [0.25, 0.3) is 10.9 Å². The number of aromatic amines is 1. The van der Waals surface area contributed by atoms with Gasteiger partial charge < -0.3 is 4.98 Å². The minimum Gasteiger partial charge on any atom is -0.359 e. The maximum atomic E-state index is 12.2. The smallest absolute Gasteiger partial charge is 0.250 e. The number of hydrogen-bond acceptors (Lipinski definition) is 3. The molecule has 2 heterocycles. The van der Waals surface area contributed by atoms with Crippen LogP contribution in [-0.4, -0.2) is 13.4 Å². The van der Waals surface area contributed by atoms with Crippen molar-refractivity contribution in [2.24, 2.45) is 0 Å². The van der Waals surface area contributed by atoms with E-state index in [4.69, 9.17) is 0 Å². The van der Waals surface area contributed by atoms with Crippen molar-refractivity contribution in [2.75, 3.05) is 0 Å². The van der Waals surface area contributed by atoms with Crippen LogP contribution in [0.1, 0.15) is 16.1 Å². The number of aromatic nitrogens is 1. The number of thiophene rings is 1. The van der Waals surface area contributed by atoms with Gasteiger partial charge in [0, 0.05) is 22.6 Å². The maximum absolute atomic E-state index is 12.2. The minimum atomic E-state index is -3.43. The minimum absolute atomic E-state index is 0.291. The molecule has 0 unspecified atom stereocenters. The molecule has 0 aliphatic carbocycles. The van der Waals surface area contributed by atoms with Gasteiger partial charge in [-0.05, 0) is 55.1 Å². The zero-order valence-electron chi connectivity index (χ0n) is 11.8. The molecular weight excluding hydrogens is 304 g/mol. The van der Waals surface area contributed by atoms with Crippen molar-refractivity contribution in [3.63, 3.8) is 0 Å². The normalized spacial score (nSPS) is 12.1. The average Bonchev–Trinajstić information content (AvgIpc) is 3.01. The van der Waals surface area contributed by atoms with Crippen LogP contribution in [0.15, 0.2) is 40.6 Å². The summed E-state index contributed by atoms with van der Waals surface area (Å²) in [4.78, 5) is 4.24. The molecule has 0 aliphatic heterocycles. The quantitative estimate of drug-likeness (QED) is 0.774. The first-order chi connectivity index (χ1) is 9.94. The molecule has 3 aromatic rings. The van der Waals surface area contributed by atoms with Gasteiger partial charge in [0.25, 0.3) is 0 Å². The SMILES string of the molecule is Cc1cc2cc(CNS(=O)(=O)c3ccc(C)s3)ccc2[nH]1. The zero-order chi connectivity index (χ0) is 15.0. The molecule has 0 amide bonds. The fraction of sp³-hybridized carbons (Fsp3) is 0.200. The van der Waals surface area contributed by atoms with Gasteiger partial charge in [0.05, 0.1) is 0 Å². The Labute approximate surface area is 127 Å². The first-order valence-electron chi connectivity index (χ1n) is 6.58.